The van der Waals surface area contributed by atoms with Crippen LogP contribution in [0.3, 0.4) is 0 Å². The minimum Gasteiger partial charge on any atom is -0.154 e. The van der Waals surface area contributed by atoms with Gasteiger partial charge in [-0.2, -0.15) is 11.8 Å². The summed E-state index contributed by atoms with van der Waals surface area (Å²) in [6.07, 6.45) is 5.56. The molecule has 0 spiro atoms. The molecule has 2 unspecified atom stereocenters. The lowest BCUT2D eigenvalue weighted by atomic mass is 9.91. The maximum absolute atomic E-state index is 6.23. The first-order chi connectivity index (χ1) is 8.15. The Bertz CT molecular complexity index is 380. The molecule has 1 aromatic carbocycles. The van der Waals surface area contributed by atoms with Gasteiger partial charge in [-0.25, -0.2) is 0 Å². The summed E-state index contributed by atoms with van der Waals surface area (Å²) < 4.78 is 1.06. The lowest BCUT2D eigenvalue weighted by molar-refractivity contribution is 0.394. The van der Waals surface area contributed by atoms with E-state index in [-0.39, 0.29) is 0 Å². The molecule has 3 heteroatoms. The molecule has 0 amide bonds. The van der Waals surface area contributed by atoms with Gasteiger partial charge in [-0.05, 0) is 36.5 Å². The third-order valence-electron chi connectivity index (χ3n) is 3.38. The van der Waals surface area contributed by atoms with Crippen LogP contribution in [0.2, 0.25) is 5.02 Å². The Kier molecular flexibility index (Phi) is 5.25. The molecule has 94 valence electrons. The number of hydrogen-bond acceptors (Lipinski definition) is 1. The maximum Gasteiger partial charge on any atom is 0.0457 e. The lowest BCUT2D eigenvalue weighted by Crippen LogP contribution is -2.15. The Morgan fingerprint density at radius 3 is 2.94 bits per heavy atom. The number of thioether (sulfide) groups is 1. The van der Waals surface area contributed by atoms with Gasteiger partial charge < -0.3 is 0 Å². The molecule has 1 aliphatic carbocycles. The highest BCUT2D eigenvalue weighted by Crippen LogP contribution is 2.35. The van der Waals surface area contributed by atoms with Crippen LogP contribution in [-0.2, 0) is 5.75 Å². The second-order valence-electron chi connectivity index (χ2n) is 4.94. The average molecular weight is 334 g/mol. The molecule has 1 aromatic rings. The molecule has 0 radical (unpaired) electrons. The Hall–Kier alpha value is 0.340. The molecule has 1 saturated carbocycles. The quantitative estimate of drug-likeness (QED) is 0.662. The molecule has 0 N–H and O–H groups in total. The fourth-order valence-electron chi connectivity index (χ4n) is 2.38. The first-order valence-electron chi connectivity index (χ1n) is 6.20. The molecule has 0 saturated heterocycles. The van der Waals surface area contributed by atoms with Crippen molar-refractivity contribution in [2.24, 2.45) is 5.92 Å². The zero-order chi connectivity index (χ0) is 12.3. The normalized spacial score (nSPS) is 24.9. The molecule has 17 heavy (non-hydrogen) atoms. The first-order valence-corrected chi connectivity index (χ1v) is 8.42. The molecule has 1 aliphatic rings. The van der Waals surface area contributed by atoms with Gasteiger partial charge in [0.2, 0.25) is 0 Å². The van der Waals surface area contributed by atoms with E-state index in [0.717, 1.165) is 26.4 Å². The Labute approximate surface area is 122 Å². The van der Waals surface area contributed by atoms with Gasteiger partial charge in [-0.15, -0.1) is 0 Å². The van der Waals surface area contributed by atoms with E-state index in [1.54, 1.807) is 0 Å². The zero-order valence-corrected chi connectivity index (χ0v) is 13.2. The number of benzene rings is 1. The van der Waals surface area contributed by atoms with Crippen LogP contribution in [0.4, 0.5) is 0 Å². The second-order valence-corrected chi connectivity index (χ2v) is 7.55. The van der Waals surface area contributed by atoms with Crippen molar-refractivity contribution >= 4 is 39.3 Å². The highest BCUT2D eigenvalue weighted by molar-refractivity contribution is 9.10. The molecular weight excluding hydrogens is 316 g/mol. The predicted octanol–water partition coefficient (Wildman–Crippen LogP) is 5.91. The van der Waals surface area contributed by atoms with Crippen molar-refractivity contribution in [3.63, 3.8) is 0 Å². The number of hydrogen-bond donors (Lipinski definition) is 0. The van der Waals surface area contributed by atoms with E-state index in [1.165, 1.54) is 31.2 Å². The van der Waals surface area contributed by atoms with E-state index < -0.39 is 0 Å². The Balaban J connectivity index is 1.88. The van der Waals surface area contributed by atoms with Gasteiger partial charge in [-0.3, -0.25) is 0 Å². The molecule has 1 fully saturated rings. The largest absolute Gasteiger partial charge is 0.154 e. The first kappa shape index (κ1) is 13.8. The van der Waals surface area contributed by atoms with Gasteiger partial charge in [0.15, 0.2) is 0 Å². The molecule has 2 atom stereocenters. The summed E-state index contributed by atoms with van der Waals surface area (Å²) in [5, 5.41) is 1.72. The summed E-state index contributed by atoms with van der Waals surface area (Å²) >= 11 is 11.7. The second kappa shape index (κ2) is 6.49. The third kappa shape index (κ3) is 4.18. The molecule has 0 aromatic heterocycles. The monoisotopic (exact) mass is 332 g/mol. The van der Waals surface area contributed by atoms with Crippen molar-refractivity contribution < 1.29 is 0 Å². The van der Waals surface area contributed by atoms with Crippen LogP contribution < -0.4 is 0 Å². The summed E-state index contributed by atoms with van der Waals surface area (Å²) in [5.41, 5.74) is 1.26. The Morgan fingerprint density at radius 1 is 1.41 bits per heavy atom. The minimum absolute atomic E-state index is 0.832. The molecule has 0 bridgehead atoms. The minimum atomic E-state index is 0.832. The Morgan fingerprint density at radius 2 is 2.24 bits per heavy atom. The molecular formula is C14H18BrClS. The van der Waals surface area contributed by atoms with Crippen LogP contribution in [0.15, 0.2) is 22.7 Å². The van der Waals surface area contributed by atoms with E-state index in [0.29, 0.717) is 0 Å². The summed E-state index contributed by atoms with van der Waals surface area (Å²) in [6, 6.07) is 6.19. The maximum atomic E-state index is 6.23. The van der Waals surface area contributed by atoms with Crippen molar-refractivity contribution in [2.75, 3.05) is 0 Å². The van der Waals surface area contributed by atoms with Crippen molar-refractivity contribution in [3.8, 4) is 0 Å². The summed E-state index contributed by atoms with van der Waals surface area (Å²) in [5.74, 6) is 1.95. The standard InChI is InChI=1S/C14H18BrClS/c1-10-3-2-4-13(7-10)17-9-11-5-6-12(15)8-14(11)16/h5-6,8,10,13H,2-4,7,9H2,1H3. The molecule has 0 heterocycles. The topological polar surface area (TPSA) is 0 Å². The van der Waals surface area contributed by atoms with E-state index in [2.05, 4.69) is 46.7 Å². The van der Waals surface area contributed by atoms with Crippen LogP contribution in [0, 0.1) is 5.92 Å². The van der Waals surface area contributed by atoms with E-state index in [4.69, 9.17) is 11.6 Å². The fraction of sp³-hybridized carbons (Fsp3) is 0.571. The van der Waals surface area contributed by atoms with Gasteiger partial charge in [0.25, 0.3) is 0 Å². The van der Waals surface area contributed by atoms with Gasteiger partial charge >= 0.3 is 0 Å². The number of halogens is 2. The van der Waals surface area contributed by atoms with Crippen molar-refractivity contribution in [1.82, 2.24) is 0 Å². The third-order valence-corrected chi connectivity index (χ3v) is 5.60. The van der Waals surface area contributed by atoms with Crippen LogP contribution in [0.1, 0.15) is 38.2 Å². The summed E-state index contributed by atoms with van der Waals surface area (Å²) in [7, 11) is 0. The van der Waals surface area contributed by atoms with Gasteiger partial charge in [0, 0.05) is 20.5 Å². The molecule has 2 rings (SSSR count). The predicted molar refractivity (Wildman–Crippen MR) is 81.9 cm³/mol. The van der Waals surface area contributed by atoms with Crippen molar-refractivity contribution in [3.05, 3.63) is 33.3 Å². The fourth-order valence-corrected chi connectivity index (χ4v) is 4.66. The van der Waals surface area contributed by atoms with E-state index in [1.807, 2.05) is 6.07 Å². The molecule has 0 nitrogen and oxygen atoms in total. The van der Waals surface area contributed by atoms with Crippen LogP contribution in [0.5, 0.6) is 0 Å². The molecule has 0 aliphatic heterocycles. The van der Waals surface area contributed by atoms with Gasteiger partial charge in [0.05, 0.1) is 0 Å². The van der Waals surface area contributed by atoms with Gasteiger partial charge in [0.1, 0.15) is 0 Å². The smallest absolute Gasteiger partial charge is 0.0457 e. The van der Waals surface area contributed by atoms with Crippen molar-refractivity contribution in [1.29, 1.82) is 0 Å². The summed E-state index contributed by atoms with van der Waals surface area (Å²) in [4.78, 5) is 0. The lowest BCUT2D eigenvalue weighted by Gasteiger charge is -2.26. The zero-order valence-electron chi connectivity index (χ0n) is 10.1. The van der Waals surface area contributed by atoms with Crippen LogP contribution >= 0.6 is 39.3 Å². The van der Waals surface area contributed by atoms with E-state index in [9.17, 15) is 0 Å². The highest BCUT2D eigenvalue weighted by Gasteiger charge is 2.19. The van der Waals surface area contributed by atoms with Crippen molar-refractivity contribution in [2.45, 2.75) is 43.6 Å². The average Bonchev–Trinajstić information content (AvgIpc) is 2.28. The highest BCUT2D eigenvalue weighted by atomic mass is 79.9. The van der Waals surface area contributed by atoms with Crippen LogP contribution in [0.25, 0.3) is 0 Å². The summed E-state index contributed by atoms with van der Waals surface area (Å²) in [6.45, 7) is 2.37. The number of rotatable bonds is 3. The van der Waals surface area contributed by atoms with E-state index >= 15 is 0 Å². The SMILES string of the molecule is CC1CCCC(SCc2ccc(Br)cc2Cl)C1. The van der Waals surface area contributed by atoms with Gasteiger partial charge in [-0.1, -0.05) is 53.4 Å². The van der Waals surface area contributed by atoms with Crippen LogP contribution in [-0.4, -0.2) is 5.25 Å².